The van der Waals surface area contributed by atoms with Crippen LogP contribution in [0.4, 0.5) is 0 Å². The fourth-order valence-corrected chi connectivity index (χ4v) is 1.12. The molecule has 0 fully saturated rings. The molecule has 13 heavy (non-hydrogen) atoms. The van der Waals surface area contributed by atoms with Gasteiger partial charge in [-0.25, -0.2) is 0 Å². The van der Waals surface area contributed by atoms with E-state index in [4.69, 9.17) is 22.6 Å². The molecule has 0 heterocycles. The number of nitrogens with zero attached hydrogens (tertiary/aromatic N) is 1. The smallest absolute Gasteiger partial charge is 0.195 e. The van der Waals surface area contributed by atoms with Crippen LogP contribution in [-0.4, -0.2) is 11.8 Å². The Kier molecular flexibility index (Phi) is 3.02. The fourth-order valence-electron chi connectivity index (χ4n) is 0.887. The van der Waals surface area contributed by atoms with Gasteiger partial charge in [0.15, 0.2) is 11.8 Å². The van der Waals surface area contributed by atoms with Crippen molar-refractivity contribution in [2.75, 3.05) is 0 Å². The Bertz CT molecular complexity index is 370. The number of nitriles is 1. The summed E-state index contributed by atoms with van der Waals surface area (Å²) in [5.41, 5.74) is 5.54. The average molecular weight is 195 g/mol. The lowest BCUT2D eigenvalue weighted by atomic mass is 10.1. The minimum Gasteiger partial charge on any atom is -0.309 e. The summed E-state index contributed by atoms with van der Waals surface area (Å²) in [5, 5.41) is 8.74. The lowest BCUT2D eigenvalue weighted by Crippen LogP contribution is -2.28. The molecule has 0 unspecified atom stereocenters. The molecule has 0 aliphatic carbocycles. The van der Waals surface area contributed by atoms with Gasteiger partial charge in [0.2, 0.25) is 0 Å². The van der Waals surface area contributed by atoms with Gasteiger partial charge in [-0.1, -0.05) is 23.7 Å². The number of hydrogen-bond donors (Lipinski definition) is 1. The number of halogens is 1. The molecular weight excluding hydrogens is 188 g/mol. The molecule has 0 amide bonds. The summed E-state index contributed by atoms with van der Waals surface area (Å²) in [6.07, 6.45) is 0. The number of carbonyl (C=O) groups is 1. The Morgan fingerprint density at radius 2 is 2.15 bits per heavy atom. The quantitative estimate of drug-likeness (QED) is 0.724. The first-order valence-electron chi connectivity index (χ1n) is 3.60. The van der Waals surface area contributed by atoms with Gasteiger partial charge in [-0.15, -0.1) is 0 Å². The summed E-state index contributed by atoms with van der Waals surface area (Å²) in [6, 6.07) is 7.02. The van der Waals surface area contributed by atoms with E-state index in [9.17, 15) is 4.79 Å². The Morgan fingerprint density at radius 1 is 1.54 bits per heavy atom. The van der Waals surface area contributed by atoms with Crippen LogP contribution in [0, 0.1) is 11.3 Å². The zero-order chi connectivity index (χ0) is 9.84. The molecular formula is C9H7ClN2O. The molecule has 1 aromatic carbocycles. The molecule has 4 heteroatoms. The molecule has 0 spiro atoms. The predicted octanol–water partition coefficient (Wildman–Crippen LogP) is 1.37. The first-order chi connectivity index (χ1) is 6.16. The molecule has 0 aromatic heterocycles. The predicted molar refractivity (Wildman–Crippen MR) is 49.4 cm³/mol. The van der Waals surface area contributed by atoms with E-state index in [2.05, 4.69) is 0 Å². The summed E-state index contributed by atoms with van der Waals surface area (Å²) in [5.74, 6) is -0.451. The van der Waals surface area contributed by atoms with E-state index in [-0.39, 0.29) is 0 Å². The number of rotatable bonds is 2. The molecule has 0 radical (unpaired) electrons. The highest BCUT2D eigenvalue weighted by molar-refractivity contribution is 6.34. The Morgan fingerprint density at radius 3 is 2.69 bits per heavy atom. The largest absolute Gasteiger partial charge is 0.309 e. The van der Waals surface area contributed by atoms with Crippen molar-refractivity contribution in [1.82, 2.24) is 0 Å². The Balaban J connectivity index is 3.04. The van der Waals surface area contributed by atoms with Gasteiger partial charge in [0, 0.05) is 5.56 Å². The van der Waals surface area contributed by atoms with Crippen molar-refractivity contribution in [2.45, 2.75) is 6.04 Å². The number of carbonyl (C=O) groups excluding carboxylic acids is 1. The first kappa shape index (κ1) is 9.72. The van der Waals surface area contributed by atoms with E-state index in [1.807, 2.05) is 0 Å². The van der Waals surface area contributed by atoms with Gasteiger partial charge >= 0.3 is 0 Å². The third-order valence-electron chi connectivity index (χ3n) is 1.56. The third-order valence-corrected chi connectivity index (χ3v) is 1.89. The van der Waals surface area contributed by atoms with Gasteiger partial charge in [-0.3, -0.25) is 4.79 Å². The van der Waals surface area contributed by atoms with Gasteiger partial charge in [0.1, 0.15) is 0 Å². The zero-order valence-corrected chi connectivity index (χ0v) is 7.45. The van der Waals surface area contributed by atoms with Crippen LogP contribution in [0.3, 0.4) is 0 Å². The van der Waals surface area contributed by atoms with Crippen LogP contribution in [-0.2, 0) is 0 Å². The van der Waals surface area contributed by atoms with E-state index >= 15 is 0 Å². The van der Waals surface area contributed by atoms with Gasteiger partial charge < -0.3 is 5.73 Å². The lowest BCUT2D eigenvalue weighted by molar-refractivity contribution is 0.0980. The van der Waals surface area contributed by atoms with E-state index in [0.717, 1.165) is 0 Å². The van der Waals surface area contributed by atoms with E-state index in [1.165, 1.54) is 0 Å². The highest BCUT2D eigenvalue weighted by Gasteiger charge is 2.16. The Labute approximate surface area is 80.7 Å². The average Bonchev–Trinajstić information content (AvgIpc) is 2.16. The molecule has 2 N–H and O–H groups in total. The van der Waals surface area contributed by atoms with Crippen LogP contribution >= 0.6 is 11.6 Å². The maximum atomic E-state index is 11.4. The molecule has 1 atom stereocenters. The van der Waals surface area contributed by atoms with Gasteiger partial charge in [-0.05, 0) is 12.1 Å². The molecule has 3 nitrogen and oxygen atoms in total. The normalized spacial score (nSPS) is 11.8. The van der Waals surface area contributed by atoms with Gasteiger partial charge in [-0.2, -0.15) is 5.26 Å². The van der Waals surface area contributed by atoms with E-state index < -0.39 is 11.8 Å². The minimum absolute atomic E-state index is 0.290. The van der Waals surface area contributed by atoms with Crippen molar-refractivity contribution in [3.8, 4) is 6.07 Å². The van der Waals surface area contributed by atoms with Crippen molar-refractivity contribution >= 4 is 17.4 Å². The molecule has 1 rings (SSSR count). The second kappa shape index (κ2) is 4.04. The number of ketones is 1. The van der Waals surface area contributed by atoms with Gasteiger partial charge in [0.25, 0.3) is 0 Å². The summed E-state index contributed by atoms with van der Waals surface area (Å²) < 4.78 is 0. The van der Waals surface area contributed by atoms with E-state index in [1.54, 1.807) is 30.3 Å². The zero-order valence-electron chi connectivity index (χ0n) is 6.70. The number of Topliss-reactive ketones (excluding diaryl/α,β-unsaturated/α-hetero) is 1. The number of hydrogen-bond acceptors (Lipinski definition) is 3. The summed E-state index contributed by atoms with van der Waals surface area (Å²) in [7, 11) is 0. The van der Waals surface area contributed by atoms with Crippen molar-refractivity contribution in [1.29, 1.82) is 5.26 Å². The van der Waals surface area contributed by atoms with Crippen molar-refractivity contribution < 1.29 is 4.79 Å². The molecule has 66 valence electrons. The van der Waals surface area contributed by atoms with Crippen LogP contribution < -0.4 is 5.73 Å². The summed E-state index contributed by atoms with van der Waals surface area (Å²) >= 11 is 5.73. The van der Waals surface area contributed by atoms with Crippen LogP contribution in [0.5, 0.6) is 0 Å². The molecule has 0 aliphatic rings. The van der Waals surface area contributed by atoms with Crippen LogP contribution in [0.25, 0.3) is 0 Å². The lowest BCUT2D eigenvalue weighted by Gasteiger charge is -2.03. The second-order valence-corrected chi connectivity index (χ2v) is 2.86. The Hall–Kier alpha value is -1.37. The molecule has 0 saturated heterocycles. The summed E-state index contributed by atoms with van der Waals surface area (Å²) in [6.45, 7) is 0. The standard InChI is InChI=1S/C9H7ClN2O/c10-7-4-2-1-3-6(7)9(13)8(12)5-11/h1-4,8H,12H2/t8-/m1/s1. The molecule has 0 saturated carbocycles. The highest BCUT2D eigenvalue weighted by Crippen LogP contribution is 2.15. The molecule has 0 aliphatic heterocycles. The topological polar surface area (TPSA) is 66.9 Å². The van der Waals surface area contributed by atoms with Gasteiger partial charge in [0.05, 0.1) is 11.1 Å². The summed E-state index contributed by atoms with van der Waals surface area (Å²) in [4.78, 5) is 11.4. The number of nitrogens with two attached hydrogens (primary N) is 1. The number of benzene rings is 1. The van der Waals surface area contributed by atoms with E-state index in [0.29, 0.717) is 10.6 Å². The second-order valence-electron chi connectivity index (χ2n) is 2.45. The molecule has 0 bridgehead atoms. The molecule has 1 aromatic rings. The SMILES string of the molecule is N#C[C@@H](N)C(=O)c1ccccc1Cl. The fraction of sp³-hybridized carbons (Fsp3) is 0.111. The monoisotopic (exact) mass is 194 g/mol. The van der Waals surface area contributed by atoms with Crippen molar-refractivity contribution in [3.63, 3.8) is 0 Å². The highest BCUT2D eigenvalue weighted by atomic mass is 35.5. The van der Waals surface area contributed by atoms with Crippen LogP contribution in [0.1, 0.15) is 10.4 Å². The van der Waals surface area contributed by atoms with Crippen LogP contribution in [0.2, 0.25) is 5.02 Å². The minimum atomic E-state index is -1.14. The first-order valence-corrected chi connectivity index (χ1v) is 3.98. The maximum Gasteiger partial charge on any atom is 0.195 e. The maximum absolute atomic E-state index is 11.4. The van der Waals surface area contributed by atoms with Crippen molar-refractivity contribution in [3.05, 3.63) is 34.9 Å². The van der Waals surface area contributed by atoms with Crippen molar-refractivity contribution in [2.24, 2.45) is 5.73 Å². The third kappa shape index (κ3) is 2.05. The van der Waals surface area contributed by atoms with Crippen LogP contribution in [0.15, 0.2) is 24.3 Å².